The summed E-state index contributed by atoms with van der Waals surface area (Å²) in [6.07, 6.45) is 10.3. The van der Waals surface area contributed by atoms with Gasteiger partial charge in [0.15, 0.2) is 0 Å². The molecule has 3 aliphatic rings. The number of benzene rings is 1. The van der Waals surface area contributed by atoms with E-state index in [0.717, 1.165) is 62.3 Å². The van der Waals surface area contributed by atoms with E-state index in [1.54, 1.807) is 18.3 Å². The lowest BCUT2D eigenvalue weighted by molar-refractivity contribution is -0.153. The number of hydrogen-bond acceptors (Lipinski definition) is 8. The fourth-order valence-corrected chi connectivity index (χ4v) is 6.26. The third-order valence-corrected chi connectivity index (χ3v) is 9.36. The molecule has 0 radical (unpaired) electrons. The van der Waals surface area contributed by atoms with Gasteiger partial charge >= 0.3 is 5.97 Å². The minimum absolute atomic E-state index is 0.0152. The largest absolute Gasteiger partial charge is 0.462 e. The number of aromatic nitrogens is 1. The molecule has 1 aromatic carbocycles. The second kappa shape index (κ2) is 14.8. The molecule has 2 aliphatic carbocycles. The van der Waals surface area contributed by atoms with Gasteiger partial charge in [0.2, 0.25) is 0 Å². The molecule has 5 rings (SSSR count). The molecule has 0 bridgehead atoms. The van der Waals surface area contributed by atoms with E-state index in [1.807, 2.05) is 22.5 Å². The summed E-state index contributed by atoms with van der Waals surface area (Å²) in [4.78, 5) is 24.5. The van der Waals surface area contributed by atoms with Crippen LogP contribution in [0.5, 0.6) is 0 Å². The summed E-state index contributed by atoms with van der Waals surface area (Å²) < 4.78 is 39.9. The molecule has 1 saturated heterocycles. The van der Waals surface area contributed by atoms with Crippen LogP contribution in [0.15, 0.2) is 64.1 Å². The van der Waals surface area contributed by atoms with Gasteiger partial charge in [-0.25, -0.2) is 17.9 Å². The minimum atomic E-state index is -1.52. The molecule has 0 spiro atoms. The first-order valence-electron chi connectivity index (χ1n) is 14.7. The van der Waals surface area contributed by atoms with Crippen molar-refractivity contribution in [3.8, 4) is 0 Å². The van der Waals surface area contributed by atoms with Crippen molar-refractivity contribution >= 4 is 40.4 Å². The van der Waals surface area contributed by atoms with Crippen molar-refractivity contribution in [1.29, 1.82) is 5.41 Å². The van der Waals surface area contributed by atoms with Gasteiger partial charge in [0.25, 0.3) is 0 Å². The van der Waals surface area contributed by atoms with Crippen LogP contribution in [0.2, 0.25) is 0 Å². The normalized spacial score (nSPS) is 21.1. The number of aliphatic imine (C=N–C) groups is 1. The Hall–Kier alpha value is -3.28. The first-order valence-corrected chi connectivity index (χ1v) is 15.8. The molecule has 1 N–H and O–H groups in total. The van der Waals surface area contributed by atoms with Crippen molar-refractivity contribution in [2.45, 2.75) is 55.9 Å². The maximum absolute atomic E-state index is 13.7. The van der Waals surface area contributed by atoms with Gasteiger partial charge in [-0.3, -0.25) is 9.79 Å². The predicted octanol–water partition coefficient (Wildman–Crippen LogP) is 5.02. The zero-order chi connectivity index (χ0) is 29.3. The van der Waals surface area contributed by atoms with Gasteiger partial charge < -0.3 is 19.8 Å². The first-order chi connectivity index (χ1) is 20.5. The van der Waals surface area contributed by atoms with Crippen molar-refractivity contribution in [1.82, 2.24) is 9.29 Å². The molecule has 1 aliphatic heterocycles. The van der Waals surface area contributed by atoms with Crippen molar-refractivity contribution < 1.29 is 22.9 Å². The Kier molecular flexibility index (Phi) is 10.6. The molecule has 2 heterocycles. The molecular formula is C31H38FN5O4S. The van der Waals surface area contributed by atoms with E-state index in [1.165, 1.54) is 18.3 Å². The Bertz CT molecular complexity index is 1310. The van der Waals surface area contributed by atoms with E-state index in [2.05, 4.69) is 14.9 Å². The lowest BCUT2D eigenvalue weighted by atomic mass is 9.87. The molecule has 2 atom stereocenters. The van der Waals surface area contributed by atoms with E-state index in [0.29, 0.717) is 43.3 Å². The van der Waals surface area contributed by atoms with Gasteiger partial charge in [-0.05, 0) is 81.0 Å². The van der Waals surface area contributed by atoms with E-state index >= 15 is 0 Å². The summed E-state index contributed by atoms with van der Waals surface area (Å²) in [6, 6.07) is 9.72. The van der Waals surface area contributed by atoms with Gasteiger partial charge in [0.05, 0.1) is 30.2 Å². The Morgan fingerprint density at radius 2 is 1.95 bits per heavy atom. The topological polar surface area (TPSA) is 108 Å². The number of esters is 1. The fourth-order valence-electron chi connectivity index (χ4n) is 5.12. The van der Waals surface area contributed by atoms with E-state index in [9.17, 15) is 13.4 Å². The number of carbonyl (C=O) groups excluding carboxylic acids is 1. The SMILES string of the molecule is N=CC1CCC(CCN(CCC(=O)OC2CCC2)S(=O)c2ccc(N3CCOCC3)nc2)=CC1=Nc1ccc(F)cc1. The highest BCUT2D eigenvalue weighted by atomic mass is 32.2. The van der Waals surface area contributed by atoms with Gasteiger partial charge in [0.1, 0.15) is 28.7 Å². The zero-order valence-electron chi connectivity index (χ0n) is 23.8. The lowest BCUT2D eigenvalue weighted by Crippen LogP contribution is -2.36. The fraction of sp³-hybridized carbons (Fsp3) is 0.484. The van der Waals surface area contributed by atoms with Crippen LogP contribution in [-0.2, 0) is 25.3 Å². The summed E-state index contributed by atoms with van der Waals surface area (Å²) in [5, 5.41) is 7.85. The van der Waals surface area contributed by atoms with E-state index in [4.69, 9.17) is 14.9 Å². The second-order valence-corrected chi connectivity index (χ2v) is 12.3. The van der Waals surface area contributed by atoms with Crippen LogP contribution in [0.4, 0.5) is 15.9 Å². The number of nitrogens with zero attached hydrogens (tertiary/aromatic N) is 4. The summed E-state index contributed by atoms with van der Waals surface area (Å²) in [6.45, 7) is 3.63. The number of pyridine rings is 1. The number of nitrogens with one attached hydrogen (secondary N) is 1. The highest BCUT2D eigenvalue weighted by Gasteiger charge is 2.25. The number of ether oxygens (including phenoxy) is 2. The molecule has 2 unspecified atom stereocenters. The molecule has 9 nitrogen and oxygen atoms in total. The molecule has 42 heavy (non-hydrogen) atoms. The molecule has 1 aromatic heterocycles. The Labute approximate surface area is 248 Å². The monoisotopic (exact) mass is 595 g/mol. The van der Waals surface area contributed by atoms with Crippen LogP contribution in [0.25, 0.3) is 0 Å². The summed E-state index contributed by atoms with van der Waals surface area (Å²) in [7, 11) is -1.52. The van der Waals surface area contributed by atoms with Gasteiger partial charge in [0, 0.05) is 50.2 Å². The highest BCUT2D eigenvalue weighted by Crippen LogP contribution is 2.27. The number of halogens is 1. The van der Waals surface area contributed by atoms with E-state index < -0.39 is 11.0 Å². The molecule has 2 aromatic rings. The van der Waals surface area contributed by atoms with Crippen molar-refractivity contribution in [2.24, 2.45) is 10.9 Å². The Morgan fingerprint density at radius 1 is 1.17 bits per heavy atom. The average Bonchev–Trinajstić information content (AvgIpc) is 3.00. The molecular weight excluding hydrogens is 557 g/mol. The molecule has 1 saturated carbocycles. The van der Waals surface area contributed by atoms with Crippen molar-refractivity contribution in [2.75, 3.05) is 44.3 Å². The maximum Gasteiger partial charge on any atom is 0.307 e. The van der Waals surface area contributed by atoms with Crippen LogP contribution >= 0.6 is 0 Å². The van der Waals surface area contributed by atoms with Crippen LogP contribution in [0.1, 0.15) is 44.9 Å². The molecule has 11 heteroatoms. The maximum atomic E-state index is 13.7. The number of allylic oxidation sites excluding steroid dienone is 1. The molecule has 224 valence electrons. The van der Waals surface area contributed by atoms with E-state index in [-0.39, 0.29) is 30.2 Å². The molecule has 2 fully saturated rings. The van der Waals surface area contributed by atoms with Crippen LogP contribution in [0.3, 0.4) is 0 Å². The smallest absolute Gasteiger partial charge is 0.307 e. The predicted molar refractivity (Wildman–Crippen MR) is 161 cm³/mol. The highest BCUT2D eigenvalue weighted by molar-refractivity contribution is 7.82. The minimum Gasteiger partial charge on any atom is -0.462 e. The standard InChI is InChI=1S/C31H38FN5O4S/c32-25-6-8-26(9-7-25)35-29-20-23(4-5-24(29)21-33)12-14-37(15-13-31(38)41-27-2-1-3-27)42(39)28-10-11-30(34-22-28)36-16-18-40-19-17-36/h6-11,20-22,24,27,33H,1-5,12-19H2. The summed E-state index contributed by atoms with van der Waals surface area (Å²) in [5.41, 5.74) is 2.53. The molecule has 0 amide bonds. The summed E-state index contributed by atoms with van der Waals surface area (Å²) in [5.74, 6) is 0.136. The lowest BCUT2D eigenvalue weighted by Gasteiger charge is -2.28. The average molecular weight is 596 g/mol. The Balaban J connectivity index is 1.28. The number of carbonyl (C=O) groups is 1. The first kappa shape index (κ1) is 30.2. The number of morpholine rings is 1. The third kappa shape index (κ3) is 8.17. The van der Waals surface area contributed by atoms with Crippen molar-refractivity contribution in [3.63, 3.8) is 0 Å². The van der Waals surface area contributed by atoms with Crippen LogP contribution < -0.4 is 4.90 Å². The summed E-state index contributed by atoms with van der Waals surface area (Å²) >= 11 is 0. The number of anilines is 1. The zero-order valence-corrected chi connectivity index (χ0v) is 24.6. The van der Waals surface area contributed by atoms with Crippen molar-refractivity contribution in [3.05, 3.63) is 60.1 Å². The quantitative estimate of drug-likeness (QED) is 0.273. The van der Waals surface area contributed by atoms with Gasteiger partial charge in [-0.15, -0.1) is 0 Å². The van der Waals surface area contributed by atoms with Gasteiger partial charge in [-0.1, -0.05) is 5.57 Å². The van der Waals surface area contributed by atoms with Crippen LogP contribution in [-0.4, -0.2) is 76.9 Å². The van der Waals surface area contributed by atoms with Gasteiger partial charge in [-0.2, -0.15) is 0 Å². The Morgan fingerprint density at radius 3 is 2.62 bits per heavy atom. The number of hydrogen-bond donors (Lipinski definition) is 1. The van der Waals surface area contributed by atoms with Crippen LogP contribution in [0, 0.1) is 17.1 Å². The second-order valence-electron chi connectivity index (χ2n) is 10.8. The third-order valence-electron chi connectivity index (χ3n) is 7.88. The number of rotatable bonds is 12.